The minimum Gasteiger partial charge on any atom is -0.414 e. The molecule has 4 heteroatoms. The van der Waals surface area contributed by atoms with E-state index in [-0.39, 0.29) is 0 Å². The Balaban J connectivity index is 3.93. The average molecular weight is 206 g/mol. The normalized spacial score (nSPS) is 14.2. The van der Waals surface area contributed by atoms with Gasteiger partial charge in [-0.05, 0) is 19.4 Å². The van der Waals surface area contributed by atoms with Crippen molar-refractivity contribution in [3.8, 4) is 0 Å². The highest BCUT2D eigenvalue weighted by Gasteiger charge is 2.28. The fourth-order valence-electron chi connectivity index (χ4n) is 0.759. The predicted octanol–water partition coefficient (Wildman–Crippen LogP) is 3.95. The van der Waals surface area contributed by atoms with E-state index in [2.05, 4.69) is 4.74 Å². The molecular formula is C10H13F3O. The summed E-state index contributed by atoms with van der Waals surface area (Å²) in [5.74, 6) is 0. The third-order valence-corrected chi connectivity index (χ3v) is 1.48. The summed E-state index contributed by atoms with van der Waals surface area (Å²) in [6, 6.07) is 0. The van der Waals surface area contributed by atoms with Gasteiger partial charge in [-0.25, -0.2) is 0 Å². The van der Waals surface area contributed by atoms with E-state index in [9.17, 15) is 13.2 Å². The highest BCUT2D eigenvalue weighted by atomic mass is 19.4. The van der Waals surface area contributed by atoms with Crippen molar-refractivity contribution in [2.24, 2.45) is 0 Å². The molecule has 0 atom stereocenters. The number of halogens is 3. The Kier molecular flexibility index (Phi) is 5.76. The van der Waals surface area contributed by atoms with Gasteiger partial charge in [0.15, 0.2) is 0 Å². The van der Waals surface area contributed by atoms with E-state index in [4.69, 9.17) is 0 Å². The second-order valence-electron chi connectivity index (χ2n) is 2.47. The van der Waals surface area contributed by atoms with Crippen molar-refractivity contribution in [1.82, 2.24) is 0 Å². The van der Waals surface area contributed by atoms with Gasteiger partial charge in [-0.3, -0.25) is 0 Å². The van der Waals surface area contributed by atoms with Crippen LogP contribution in [-0.4, -0.2) is 6.36 Å². The summed E-state index contributed by atoms with van der Waals surface area (Å²) in [6.07, 6.45) is 3.20. The Morgan fingerprint density at radius 2 is 1.93 bits per heavy atom. The maximum absolute atomic E-state index is 11.5. The van der Waals surface area contributed by atoms with Gasteiger partial charge in [-0.15, -0.1) is 13.2 Å². The van der Waals surface area contributed by atoms with Crippen LogP contribution in [0.2, 0.25) is 0 Å². The van der Waals surface area contributed by atoms with Crippen LogP contribution in [0.3, 0.4) is 0 Å². The summed E-state index contributed by atoms with van der Waals surface area (Å²) < 4.78 is 37.8. The summed E-state index contributed by atoms with van der Waals surface area (Å²) in [6.45, 7) is 3.84. The number of hydrogen-bond donors (Lipinski definition) is 0. The molecule has 0 saturated carbocycles. The van der Waals surface area contributed by atoms with Crippen LogP contribution in [0.4, 0.5) is 13.2 Å². The Morgan fingerprint density at radius 1 is 1.29 bits per heavy atom. The van der Waals surface area contributed by atoms with Crippen molar-refractivity contribution in [3.63, 3.8) is 0 Å². The van der Waals surface area contributed by atoms with Gasteiger partial charge in [0.05, 0.1) is 6.26 Å². The summed E-state index contributed by atoms with van der Waals surface area (Å²) in [5.41, 5.74) is 1.06. The zero-order valence-electron chi connectivity index (χ0n) is 8.14. The first-order valence-electron chi connectivity index (χ1n) is 4.22. The topological polar surface area (TPSA) is 9.23 Å². The first-order chi connectivity index (χ1) is 6.49. The maximum Gasteiger partial charge on any atom is 0.572 e. The van der Waals surface area contributed by atoms with E-state index < -0.39 is 6.36 Å². The standard InChI is InChI=1S/C10H13F3O/c1-3-9(4-2)7-5-6-8-14-10(11,12)13/h3,5-8H,4H2,1-2H3/b7-5-,8-6+,9-3-. The third kappa shape index (κ3) is 7.46. The van der Waals surface area contributed by atoms with Crippen molar-refractivity contribution in [1.29, 1.82) is 0 Å². The van der Waals surface area contributed by atoms with Crippen molar-refractivity contribution >= 4 is 0 Å². The lowest BCUT2D eigenvalue weighted by Crippen LogP contribution is -2.08. The quantitative estimate of drug-likeness (QED) is 0.500. The molecule has 0 aromatic heterocycles. The van der Waals surface area contributed by atoms with Crippen LogP contribution in [0.15, 0.2) is 36.1 Å². The smallest absolute Gasteiger partial charge is 0.414 e. The van der Waals surface area contributed by atoms with Crippen LogP contribution in [0.25, 0.3) is 0 Å². The van der Waals surface area contributed by atoms with E-state index in [0.717, 1.165) is 12.0 Å². The fraction of sp³-hybridized carbons (Fsp3) is 0.400. The van der Waals surface area contributed by atoms with E-state index in [1.165, 1.54) is 12.2 Å². The third-order valence-electron chi connectivity index (χ3n) is 1.48. The van der Waals surface area contributed by atoms with E-state index in [1.807, 2.05) is 19.9 Å². The van der Waals surface area contributed by atoms with Crippen LogP contribution in [0.5, 0.6) is 0 Å². The number of ether oxygens (including phenoxy) is 1. The van der Waals surface area contributed by atoms with Gasteiger partial charge >= 0.3 is 6.36 Å². The molecule has 0 amide bonds. The van der Waals surface area contributed by atoms with Gasteiger partial charge in [-0.2, -0.15) is 0 Å². The second-order valence-corrected chi connectivity index (χ2v) is 2.47. The van der Waals surface area contributed by atoms with Gasteiger partial charge in [0.2, 0.25) is 0 Å². The molecule has 0 aliphatic carbocycles. The number of rotatable bonds is 4. The SMILES string of the molecule is C\C=C(/C=C\C=C\OC(F)(F)F)CC. The molecule has 0 aliphatic rings. The van der Waals surface area contributed by atoms with E-state index in [1.54, 1.807) is 6.08 Å². The Morgan fingerprint density at radius 3 is 2.36 bits per heavy atom. The molecule has 0 aromatic carbocycles. The molecule has 14 heavy (non-hydrogen) atoms. The molecular weight excluding hydrogens is 193 g/mol. The van der Waals surface area contributed by atoms with Crippen LogP contribution in [0.1, 0.15) is 20.3 Å². The second kappa shape index (κ2) is 6.29. The minimum atomic E-state index is -4.60. The van der Waals surface area contributed by atoms with Crippen LogP contribution in [0, 0.1) is 0 Å². The molecule has 0 rings (SSSR count). The van der Waals surface area contributed by atoms with Crippen molar-refractivity contribution < 1.29 is 17.9 Å². The molecule has 80 valence electrons. The lowest BCUT2D eigenvalue weighted by atomic mass is 10.2. The maximum atomic E-state index is 11.5. The van der Waals surface area contributed by atoms with Gasteiger partial charge < -0.3 is 4.74 Å². The Labute approximate surface area is 81.6 Å². The van der Waals surface area contributed by atoms with Crippen LogP contribution in [-0.2, 0) is 4.74 Å². The summed E-state index contributed by atoms with van der Waals surface area (Å²) in [7, 11) is 0. The molecule has 0 aromatic rings. The van der Waals surface area contributed by atoms with Gasteiger partial charge in [0.25, 0.3) is 0 Å². The summed E-state index contributed by atoms with van der Waals surface area (Å²) in [4.78, 5) is 0. The Bertz CT molecular complexity index is 236. The summed E-state index contributed by atoms with van der Waals surface area (Å²) >= 11 is 0. The van der Waals surface area contributed by atoms with Crippen LogP contribution >= 0.6 is 0 Å². The van der Waals surface area contributed by atoms with Crippen LogP contribution < -0.4 is 0 Å². The van der Waals surface area contributed by atoms with Gasteiger partial charge in [0.1, 0.15) is 0 Å². The molecule has 0 spiro atoms. The minimum absolute atomic E-state index is 0.611. The first-order valence-corrected chi connectivity index (χ1v) is 4.22. The number of alkyl halides is 3. The molecule has 1 nitrogen and oxygen atoms in total. The zero-order valence-corrected chi connectivity index (χ0v) is 8.14. The van der Waals surface area contributed by atoms with Gasteiger partial charge in [0, 0.05) is 0 Å². The van der Waals surface area contributed by atoms with E-state index >= 15 is 0 Å². The fourth-order valence-corrected chi connectivity index (χ4v) is 0.759. The van der Waals surface area contributed by atoms with Crippen molar-refractivity contribution in [2.45, 2.75) is 26.6 Å². The first kappa shape index (κ1) is 12.8. The largest absolute Gasteiger partial charge is 0.572 e. The zero-order chi connectivity index (χ0) is 11.0. The molecule has 0 radical (unpaired) electrons. The van der Waals surface area contributed by atoms with Crippen molar-refractivity contribution in [2.75, 3.05) is 0 Å². The monoisotopic (exact) mass is 206 g/mol. The number of hydrogen-bond acceptors (Lipinski definition) is 1. The van der Waals surface area contributed by atoms with Crippen molar-refractivity contribution in [3.05, 3.63) is 36.1 Å². The molecule has 0 heterocycles. The predicted molar refractivity (Wildman–Crippen MR) is 49.5 cm³/mol. The molecule has 0 N–H and O–H groups in total. The Hall–Kier alpha value is -1.19. The van der Waals surface area contributed by atoms with E-state index in [0.29, 0.717) is 6.26 Å². The number of allylic oxidation sites excluding steroid dienone is 5. The molecule has 0 bridgehead atoms. The average Bonchev–Trinajstić information content (AvgIpc) is 2.09. The molecule has 0 fully saturated rings. The molecule has 0 saturated heterocycles. The lowest BCUT2D eigenvalue weighted by molar-refractivity contribution is -0.298. The molecule has 0 unspecified atom stereocenters. The molecule has 0 aliphatic heterocycles. The van der Waals surface area contributed by atoms with Gasteiger partial charge in [-0.1, -0.05) is 30.7 Å². The lowest BCUT2D eigenvalue weighted by Gasteiger charge is -2.01. The highest BCUT2D eigenvalue weighted by molar-refractivity contribution is 5.20. The summed E-state index contributed by atoms with van der Waals surface area (Å²) in [5, 5.41) is 0. The highest BCUT2D eigenvalue weighted by Crippen LogP contribution is 2.16.